The molecule has 20 heavy (non-hydrogen) atoms. The molecule has 1 atom stereocenters. The fraction of sp³-hybridized carbons (Fsp3) is 0.643. The molecule has 1 aromatic rings. The summed E-state index contributed by atoms with van der Waals surface area (Å²) in [5.74, 6) is 1.72. The van der Waals surface area contributed by atoms with Crippen molar-refractivity contribution in [1.82, 2.24) is 15.3 Å². The van der Waals surface area contributed by atoms with Gasteiger partial charge in [-0.1, -0.05) is 0 Å². The van der Waals surface area contributed by atoms with Crippen molar-refractivity contribution in [3.8, 4) is 5.88 Å². The summed E-state index contributed by atoms with van der Waals surface area (Å²) in [6.45, 7) is 1.69. The first-order valence-electron chi connectivity index (χ1n) is 7.18. The van der Waals surface area contributed by atoms with Gasteiger partial charge in [-0.2, -0.15) is 4.98 Å². The van der Waals surface area contributed by atoms with Gasteiger partial charge in [0.25, 0.3) is 0 Å². The minimum atomic E-state index is 0.201. The minimum absolute atomic E-state index is 0.201. The van der Waals surface area contributed by atoms with Crippen LogP contribution in [0.2, 0.25) is 0 Å². The van der Waals surface area contributed by atoms with E-state index in [1.54, 1.807) is 19.4 Å². The van der Waals surface area contributed by atoms with Gasteiger partial charge in [-0.3, -0.25) is 4.79 Å². The first-order chi connectivity index (χ1) is 9.76. The standard InChI is InChI=1S/C14H20N4O2/c1-20-12-6-7-15-14(17-12)18-8-2-3-11(9-18)16-13(19)10-4-5-10/h6-7,10-11H,2-5,8-9H2,1H3,(H,16,19). The van der Waals surface area contributed by atoms with Crippen molar-refractivity contribution in [2.24, 2.45) is 5.92 Å². The van der Waals surface area contributed by atoms with Crippen molar-refractivity contribution in [3.63, 3.8) is 0 Å². The average Bonchev–Trinajstić information content (AvgIpc) is 3.32. The van der Waals surface area contributed by atoms with E-state index in [0.717, 1.165) is 38.8 Å². The molecule has 1 aromatic heterocycles. The van der Waals surface area contributed by atoms with Crippen LogP contribution in [0.25, 0.3) is 0 Å². The molecule has 1 N–H and O–H groups in total. The molecule has 0 spiro atoms. The molecule has 3 rings (SSSR count). The molecule has 1 amide bonds. The predicted molar refractivity (Wildman–Crippen MR) is 74.7 cm³/mol. The fourth-order valence-corrected chi connectivity index (χ4v) is 2.54. The number of carbonyl (C=O) groups excluding carboxylic acids is 1. The third kappa shape index (κ3) is 3.00. The van der Waals surface area contributed by atoms with Gasteiger partial charge in [0.05, 0.1) is 7.11 Å². The molecule has 2 heterocycles. The lowest BCUT2D eigenvalue weighted by Gasteiger charge is -2.33. The molecule has 1 saturated heterocycles. The molecule has 1 aliphatic heterocycles. The Labute approximate surface area is 118 Å². The van der Waals surface area contributed by atoms with Crippen LogP contribution in [0.15, 0.2) is 12.3 Å². The number of anilines is 1. The number of methoxy groups -OCH3 is 1. The highest BCUT2D eigenvalue weighted by molar-refractivity contribution is 5.81. The van der Waals surface area contributed by atoms with Gasteiger partial charge >= 0.3 is 0 Å². The third-order valence-corrected chi connectivity index (χ3v) is 3.83. The van der Waals surface area contributed by atoms with Gasteiger partial charge in [-0.15, -0.1) is 0 Å². The summed E-state index contributed by atoms with van der Waals surface area (Å²) in [4.78, 5) is 22.6. The lowest BCUT2D eigenvalue weighted by atomic mass is 10.1. The lowest BCUT2D eigenvalue weighted by molar-refractivity contribution is -0.123. The molecule has 2 aliphatic rings. The summed E-state index contributed by atoms with van der Waals surface area (Å²) in [6.07, 6.45) is 5.85. The van der Waals surface area contributed by atoms with Crippen LogP contribution in [0, 0.1) is 5.92 Å². The van der Waals surface area contributed by atoms with E-state index in [2.05, 4.69) is 20.2 Å². The Morgan fingerprint density at radius 1 is 1.45 bits per heavy atom. The number of piperidine rings is 1. The molecular formula is C14H20N4O2. The number of aromatic nitrogens is 2. The van der Waals surface area contributed by atoms with Crippen LogP contribution in [0.1, 0.15) is 25.7 Å². The van der Waals surface area contributed by atoms with E-state index >= 15 is 0 Å². The van der Waals surface area contributed by atoms with Crippen molar-refractivity contribution in [3.05, 3.63) is 12.3 Å². The zero-order chi connectivity index (χ0) is 13.9. The van der Waals surface area contributed by atoms with Crippen LogP contribution >= 0.6 is 0 Å². The molecule has 0 aromatic carbocycles. The Morgan fingerprint density at radius 3 is 3.05 bits per heavy atom. The van der Waals surface area contributed by atoms with E-state index < -0.39 is 0 Å². The highest BCUT2D eigenvalue weighted by Crippen LogP contribution is 2.29. The Morgan fingerprint density at radius 2 is 2.30 bits per heavy atom. The maximum absolute atomic E-state index is 11.8. The number of hydrogen-bond donors (Lipinski definition) is 1. The second kappa shape index (κ2) is 5.64. The maximum Gasteiger partial charge on any atom is 0.228 e. The van der Waals surface area contributed by atoms with Crippen LogP contribution in [0.3, 0.4) is 0 Å². The van der Waals surface area contributed by atoms with Crippen molar-refractivity contribution < 1.29 is 9.53 Å². The predicted octanol–water partition coefficient (Wildman–Crippen LogP) is 0.980. The van der Waals surface area contributed by atoms with E-state index in [1.807, 2.05) is 0 Å². The SMILES string of the molecule is COc1ccnc(N2CCCC(NC(=O)C3CC3)C2)n1. The van der Waals surface area contributed by atoms with Crippen molar-refractivity contribution in [2.45, 2.75) is 31.7 Å². The van der Waals surface area contributed by atoms with Gasteiger partial charge in [-0.05, 0) is 25.7 Å². The van der Waals surface area contributed by atoms with Crippen LogP contribution in [-0.4, -0.2) is 42.1 Å². The number of rotatable bonds is 4. The molecule has 1 aliphatic carbocycles. The summed E-state index contributed by atoms with van der Waals surface area (Å²) < 4.78 is 5.13. The number of hydrogen-bond acceptors (Lipinski definition) is 5. The highest BCUT2D eigenvalue weighted by atomic mass is 16.5. The molecule has 6 heteroatoms. The van der Waals surface area contributed by atoms with Crippen LogP contribution in [0.5, 0.6) is 5.88 Å². The Bertz CT molecular complexity index is 490. The molecule has 0 bridgehead atoms. The molecule has 6 nitrogen and oxygen atoms in total. The normalized spacial score (nSPS) is 22.4. The van der Waals surface area contributed by atoms with E-state index in [-0.39, 0.29) is 17.9 Å². The van der Waals surface area contributed by atoms with Gasteiger partial charge in [0.1, 0.15) is 0 Å². The molecule has 1 unspecified atom stereocenters. The van der Waals surface area contributed by atoms with Gasteiger partial charge in [0, 0.05) is 37.3 Å². The molecular weight excluding hydrogens is 256 g/mol. The molecule has 108 valence electrons. The zero-order valence-electron chi connectivity index (χ0n) is 11.7. The second-order valence-corrected chi connectivity index (χ2v) is 5.47. The molecule has 0 radical (unpaired) electrons. The number of nitrogens with one attached hydrogen (secondary N) is 1. The van der Waals surface area contributed by atoms with Crippen LogP contribution < -0.4 is 15.0 Å². The number of amides is 1. The largest absolute Gasteiger partial charge is 0.481 e. The zero-order valence-corrected chi connectivity index (χ0v) is 11.7. The van der Waals surface area contributed by atoms with Gasteiger partial charge in [0.15, 0.2) is 0 Å². The van der Waals surface area contributed by atoms with Crippen molar-refractivity contribution in [1.29, 1.82) is 0 Å². The minimum Gasteiger partial charge on any atom is -0.481 e. The lowest BCUT2D eigenvalue weighted by Crippen LogP contribution is -2.48. The Balaban J connectivity index is 1.63. The van der Waals surface area contributed by atoms with Crippen LogP contribution in [0.4, 0.5) is 5.95 Å². The molecule has 2 fully saturated rings. The Hall–Kier alpha value is -1.85. The summed E-state index contributed by atoms with van der Waals surface area (Å²) in [6, 6.07) is 1.94. The van der Waals surface area contributed by atoms with Gasteiger partial charge in [0.2, 0.25) is 17.7 Å². The number of nitrogens with zero attached hydrogens (tertiary/aromatic N) is 3. The summed E-state index contributed by atoms with van der Waals surface area (Å²) in [7, 11) is 1.60. The highest BCUT2D eigenvalue weighted by Gasteiger charge is 2.32. The van der Waals surface area contributed by atoms with Gasteiger partial charge < -0.3 is 15.0 Å². The summed E-state index contributed by atoms with van der Waals surface area (Å²) in [5.41, 5.74) is 0. The third-order valence-electron chi connectivity index (χ3n) is 3.83. The number of ether oxygens (including phenoxy) is 1. The monoisotopic (exact) mass is 276 g/mol. The smallest absolute Gasteiger partial charge is 0.228 e. The fourth-order valence-electron chi connectivity index (χ4n) is 2.54. The first kappa shape index (κ1) is 13.1. The maximum atomic E-state index is 11.8. The molecule has 1 saturated carbocycles. The Kier molecular flexibility index (Phi) is 3.71. The topological polar surface area (TPSA) is 67.3 Å². The number of carbonyl (C=O) groups is 1. The van der Waals surface area contributed by atoms with E-state index in [1.165, 1.54) is 0 Å². The average molecular weight is 276 g/mol. The summed E-state index contributed by atoms with van der Waals surface area (Å²) >= 11 is 0. The summed E-state index contributed by atoms with van der Waals surface area (Å²) in [5, 5.41) is 3.14. The first-order valence-corrected chi connectivity index (χ1v) is 7.18. The van der Waals surface area contributed by atoms with E-state index in [0.29, 0.717) is 11.8 Å². The quantitative estimate of drug-likeness (QED) is 0.888. The van der Waals surface area contributed by atoms with E-state index in [4.69, 9.17) is 4.74 Å². The second-order valence-electron chi connectivity index (χ2n) is 5.47. The van der Waals surface area contributed by atoms with Crippen molar-refractivity contribution in [2.75, 3.05) is 25.1 Å². The van der Waals surface area contributed by atoms with Gasteiger partial charge in [-0.25, -0.2) is 4.98 Å². The van der Waals surface area contributed by atoms with Crippen LogP contribution in [-0.2, 0) is 4.79 Å². The van der Waals surface area contributed by atoms with Crippen molar-refractivity contribution >= 4 is 11.9 Å². The van der Waals surface area contributed by atoms with E-state index in [9.17, 15) is 4.79 Å².